The van der Waals surface area contributed by atoms with Gasteiger partial charge in [-0.15, -0.1) is 0 Å². The van der Waals surface area contributed by atoms with Crippen molar-refractivity contribution in [3.63, 3.8) is 0 Å². The molecule has 1 heterocycles. The van der Waals surface area contributed by atoms with Crippen LogP contribution in [0, 0.1) is 25.5 Å². The molecule has 0 saturated carbocycles. The average molecular weight is 460 g/mol. The zero-order valence-corrected chi connectivity index (χ0v) is 18.7. The summed E-state index contributed by atoms with van der Waals surface area (Å²) in [5.74, 6) is -0.738. The lowest BCUT2D eigenvalue weighted by molar-refractivity contribution is -0.115. The molecule has 4 rings (SSSR count). The highest BCUT2D eigenvalue weighted by Gasteiger charge is 2.10. The molecular formula is C26H23F2N5O. The Bertz CT molecular complexity index is 1310. The van der Waals surface area contributed by atoms with Gasteiger partial charge >= 0.3 is 0 Å². The minimum absolute atomic E-state index is 0.129. The highest BCUT2D eigenvalue weighted by Crippen LogP contribution is 2.21. The van der Waals surface area contributed by atoms with Crippen LogP contribution in [0.2, 0.25) is 0 Å². The van der Waals surface area contributed by atoms with E-state index in [4.69, 9.17) is 0 Å². The van der Waals surface area contributed by atoms with Crippen LogP contribution in [0.3, 0.4) is 0 Å². The molecule has 0 aliphatic carbocycles. The minimum Gasteiger partial charge on any atom is -0.340 e. The molecule has 0 saturated heterocycles. The van der Waals surface area contributed by atoms with E-state index in [1.807, 2.05) is 44.2 Å². The van der Waals surface area contributed by atoms with Crippen LogP contribution in [0.5, 0.6) is 0 Å². The summed E-state index contributed by atoms with van der Waals surface area (Å²) < 4.78 is 26.8. The van der Waals surface area contributed by atoms with Crippen LogP contribution in [0.15, 0.2) is 72.8 Å². The quantitative estimate of drug-likeness (QED) is 0.314. The maximum absolute atomic E-state index is 13.8. The Morgan fingerprint density at radius 2 is 1.44 bits per heavy atom. The van der Waals surface area contributed by atoms with E-state index in [2.05, 4.69) is 25.9 Å². The minimum atomic E-state index is -0.746. The standard InChI is InChI=1S/C26H23F2N5O/c1-16-3-7-20(8-4-16)30-24-13-17(2)29-26(33-24)32-22-11-9-21(10-12-22)31-25(34)14-18-5-6-19(27)15-23(18)28/h3-13,15H,14H2,1-2H3,(H,31,34)(H2,29,30,32,33). The number of rotatable bonds is 7. The topological polar surface area (TPSA) is 78.9 Å². The van der Waals surface area contributed by atoms with Crippen molar-refractivity contribution in [2.24, 2.45) is 0 Å². The van der Waals surface area contributed by atoms with Gasteiger partial charge in [0.2, 0.25) is 11.9 Å². The summed E-state index contributed by atoms with van der Waals surface area (Å²) in [5.41, 5.74) is 4.30. The molecule has 0 spiro atoms. The van der Waals surface area contributed by atoms with Gasteiger partial charge in [-0.25, -0.2) is 13.8 Å². The zero-order valence-electron chi connectivity index (χ0n) is 18.7. The fraction of sp³-hybridized carbons (Fsp3) is 0.115. The highest BCUT2D eigenvalue weighted by molar-refractivity contribution is 5.92. The molecule has 172 valence electrons. The van der Waals surface area contributed by atoms with E-state index in [1.54, 1.807) is 24.3 Å². The van der Waals surface area contributed by atoms with E-state index < -0.39 is 17.5 Å². The Kier molecular flexibility index (Phi) is 6.77. The molecule has 1 amide bonds. The fourth-order valence-corrected chi connectivity index (χ4v) is 3.28. The zero-order chi connectivity index (χ0) is 24.1. The van der Waals surface area contributed by atoms with Crippen LogP contribution >= 0.6 is 0 Å². The molecule has 0 aliphatic rings. The van der Waals surface area contributed by atoms with E-state index in [9.17, 15) is 13.6 Å². The van der Waals surface area contributed by atoms with Crippen LogP contribution in [-0.4, -0.2) is 15.9 Å². The Hall–Kier alpha value is -4.33. The number of amides is 1. The molecule has 8 heteroatoms. The van der Waals surface area contributed by atoms with Gasteiger partial charge in [0, 0.05) is 34.9 Å². The smallest absolute Gasteiger partial charge is 0.229 e. The number of nitrogens with zero attached hydrogens (tertiary/aromatic N) is 2. The summed E-state index contributed by atoms with van der Waals surface area (Å²) in [7, 11) is 0. The van der Waals surface area contributed by atoms with Crippen molar-refractivity contribution < 1.29 is 13.6 Å². The molecule has 3 aromatic carbocycles. The number of aryl methyl sites for hydroxylation is 2. The van der Waals surface area contributed by atoms with Gasteiger partial charge in [-0.3, -0.25) is 4.79 Å². The molecule has 0 aliphatic heterocycles. The number of halogens is 2. The van der Waals surface area contributed by atoms with Crippen molar-refractivity contribution >= 4 is 34.7 Å². The Morgan fingerprint density at radius 1 is 0.794 bits per heavy atom. The largest absolute Gasteiger partial charge is 0.340 e. The molecule has 3 N–H and O–H groups in total. The average Bonchev–Trinajstić information content (AvgIpc) is 2.78. The first kappa shape index (κ1) is 22.8. The summed E-state index contributed by atoms with van der Waals surface area (Å²) in [6.07, 6.45) is -0.194. The molecule has 0 radical (unpaired) electrons. The predicted molar refractivity (Wildman–Crippen MR) is 130 cm³/mol. The molecule has 0 fully saturated rings. The van der Waals surface area contributed by atoms with Crippen molar-refractivity contribution in [1.82, 2.24) is 9.97 Å². The highest BCUT2D eigenvalue weighted by atomic mass is 19.1. The second-order valence-electron chi connectivity index (χ2n) is 7.87. The predicted octanol–water partition coefficient (Wildman–Crippen LogP) is 6.04. The first-order chi connectivity index (χ1) is 16.3. The summed E-state index contributed by atoms with van der Waals surface area (Å²) in [5, 5.41) is 9.13. The number of aromatic nitrogens is 2. The number of carbonyl (C=O) groups is 1. The third kappa shape index (κ3) is 6.13. The lowest BCUT2D eigenvalue weighted by atomic mass is 10.1. The molecule has 1 aromatic heterocycles. The number of hydrogen-bond acceptors (Lipinski definition) is 5. The van der Waals surface area contributed by atoms with E-state index >= 15 is 0 Å². The number of benzene rings is 3. The molecule has 0 unspecified atom stereocenters. The first-order valence-electron chi connectivity index (χ1n) is 10.6. The lowest BCUT2D eigenvalue weighted by Gasteiger charge is -2.11. The molecular weight excluding hydrogens is 436 g/mol. The fourth-order valence-electron chi connectivity index (χ4n) is 3.28. The van der Waals surface area contributed by atoms with E-state index in [-0.39, 0.29) is 12.0 Å². The van der Waals surface area contributed by atoms with E-state index in [1.165, 1.54) is 11.6 Å². The van der Waals surface area contributed by atoms with Gasteiger partial charge in [-0.05, 0) is 61.9 Å². The van der Waals surface area contributed by atoms with Crippen molar-refractivity contribution in [1.29, 1.82) is 0 Å². The van der Waals surface area contributed by atoms with Crippen molar-refractivity contribution in [3.8, 4) is 0 Å². The van der Waals surface area contributed by atoms with Gasteiger partial charge in [0.25, 0.3) is 0 Å². The van der Waals surface area contributed by atoms with Gasteiger partial charge < -0.3 is 16.0 Å². The number of nitrogens with one attached hydrogen (secondary N) is 3. The second-order valence-corrected chi connectivity index (χ2v) is 7.87. The first-order valence-corrected chi connectivity index (χ1v) is 10.6. The SMILES string of the molecule is Cc1ccc(Nc2cc(C)nc(Nc3ccc(NC(=O)Cc4ccc(F)cc4F)cc3)n2)cc1. The van der Waals surface area contributed by atoms with E-state index in [0.717, 1.165) is 29.2 Å². The van der Waals surface area contributed by atoms with Crippen LogP contribution in [-0.2, 0) is 11.2 Å². The van der Waals surface area contributed by atoms with Gasteiger partial charge in [-0.1, -0.05) is 23.8 Å². The molecule has 34 heavy (non-hydrogen) atoms. The van der Waals surface area contributed by atoms with Crippen molar-refractivity contribution in [3.05, 3.63) is 101 Å². The maximum atomic E-state index is 13.8. The lowest BCUT2D eigenvalue weighted by Crippen LogP contribution is -2.15. The number of anilines is 5. The summed E-state index contributed by atoms with van der Waals surface area (Å²) in [6.45, 7) is 3.92. The van der Waals surface area contributed by atoms with Gasteiger partial charge in [0.05, 0.1) is 6.42 Å². The molecule has 4 aromatic rings. The third-order valence-corrected chi connectivity index (χ3v) is 4.97. The third-order valence-electron chi connectivity index (χ3n) is 4.97. The Labute approximate surface area is 196 Å². The summed E-state index contributed by atoms with van der Waals surface area (Å²) in [6, 6.07) is 20.0. The van der Waals surface area contributed by atoms with Gasteiger partial charge in [0.15, 0.2) is 0 Å². The number of carbonyl (C=O) groups excluding carboxylic acids is 1. The normalized spacial score (nSPS) is 10.6. The summed E-state index contributed by atoms with van der Waals surface area (Å²) >= 11 is 0. The summed E-state index contributed by atoms with van der Waals surface area (Å²) in [4.78, 5) is 21.2. The van der Waals surface area contributed by atoms with Crippen LogP contribution in [0.25, 0.3) is 0 Å². The van der Waals surface area contributed by atoms with Crippen LogP contribution in [0.4, 0.5) is 37.6 Å². The maximum Gasteiger partial charge on any atom is 0.229 e. The second kappa shape index (κ2) is 10.1. The van der Waals surface area contributed by atoms with Crippen molar-refractivity contribution in [2.75, 3.05) is 16.0 Å². The van der Waals surface area contributed by atoms with Crippen LogP contribution < -0.4 is 16.0 Å². The van der Waals surface area contributed by atoms with Gasteiger partial charge in [0.1, 0.15) is 17.5 Å². The number of hydrogen-bond donors (Lipinski definition) is 3. The molecule has 6 nitrogen and oxygen atoms in total. The monoisotopic (exact) mass is 459 g/mol. The molecule has 0 bridgehead atoms. The van der Waals surface area contributed by atoms with Crippen LogP contribution in [0.1, 0.15) is 16.8 Å². The molecule has 0 atom stereocenters. The van der Waals surface area contributed by atoms with E-state index in [0.29, 0.717) is 17.5 Å². The Balaban J connectivity index is 1.38. The van der Waals surface area contributed by atoms with Crippen molar-refractivity contribution in [2.45, 2.75) is 20.3 Å². The van der Waals surface area contributed by atoms with Gasteiger partial charge in [-0.2, -0.15) is 4.98 Å². The Morgan fingerprint density at radius 3 is 2.15 bits per heavy atom.